The first-order chi connectivity index (χ1) is 7.50. The minimum atomic E-state index is -1.26. The van der Waals surface area contributed by atoms with E-state index in [0.29, 0.717) is 5.65 Å². The minimum Gasteiger partial charge on any atom is -0.477 e. The Morgan fingerprint density at radius 3 is 2.75 bits per heavy atom. The fraction of sp³-hybridized carbons (Fsp3) is 0.182. The first-order valence-corrected chi connectivity index (χ1v) is 4.72. The molecule has 1 N–H and O–H groups in total. The number of carboxylic acid groups (broad SMARTS) is 1. The van der Waals surface area contributed by atoms with E-state index in [-0.39, 0.29) is 5.56 Å². The van der Waals surface area contributed by atoms with E-state index >= 15 is 0 Å². The normalized spacial score (nSPS) is 10.6. The van der Waals surface area contributed by atoms with E-state index in [4.69, 9.17) is 5.11 Å². The van der Waals surface area contributed by atoms with Crippen LogP contribution in [0.5, 0.6) is 0 Å². The summed E-state index contributed by atoms with van der Waals surface area (Å²) in [6, 6.07) is 1.89. The molecule has 16 heavy (non-hydrogen) atoms. The predicted molar refractivity (Wildman–Crippen MR) is 57.9 cm³/mol. The lowest BCUT2D eigenvalue weighted by Gasteiger charge is -2.05. The van der Waals surface area contributed by atoms with Crippen molar-refractivity contribution in [3.8, 4) is 0 Å². The number of aromatic nitrogens is 2. The summed E-state index contributed by atoms with van der Waals surface area (Å²) in [4.78, 5) is 26.6. The summed E-state index contributed by atoms with van der Waals surface area (Å²) in [7, 11) is 0. The van der Waals surface area contributed by atoms with Gasteiger partial charge in [-0.15, -0.1) is 0 Å². The van der Waals surface area contributed by atoms with Gasteiger partial charge in [-0.2, -0.15) is 0 Å². The van der Waals surface area contributed by atoms with Crippen LogP contribution in [-0.4, -0.2) is 20.5 Å². The van der Waals surface area contributed by atoms with Gasteiger partial charge >= 0.3 is 5.97 Å². The standard InChI is InChI=1S/C11H10N2O3/c1-6-3-7(2)9-12-4-8(11(15)16)10(14)13(9)5-6/h3-5H,1-2H3,(H,15,16). The number of rotatable bonds is 1. The number of carbonyl (C=O) groups is 1. The fourth-order valence-corrected chi connectivity index (χ4v) is 1.67. The lowest BCUT2D eigenvalue weighted by molar-refractivity contribution is 0.0694. The number of aromatic carboxylic acids is 1. The number of carboxylic acids is 1. The third kappa shape index (κ3) is 1.46. The van der Waals surface area contributed by atoms with Crippen molar-refractivity contribution in [2.75, 3.05) is 0 Å². The summed E-state index contributed by atoms with van der Waals surface area (Å²) < 4.78 is 1.27. The summed E-state index contributed by atoms with van der Waals surface area (Å²) in [5.74, 6) is -1.26. The molecule has 0 unspecified atom stereocenters. The largest absolute Gasteiger partial charge is 0.477 e. The second-order valence-electron chi connectivity index (χ2n) is 3.68. The Kier molecular flexibility index (Phi) is 2.23. The van der Waals surface area contributed by atoms with E-state index in [2.05, 4.69) is 4.98 Å². The van der Waals surface area contributed by atoms with Gasteiger partial charge in [0, 0.05) is 12.4 Å². The van der Waals surface area contributed by atoms with Gasteiger partial charge in [-0.3, -0.25) is 9.20 Å². The van der Waals surface area contributed by atoms with Crippen molar-refractivity contribution in [2.45, 2.75) is 13.8 Å². The van der Waals surface area contributed by atoms with Gasteiger partial charge in [0.05, 0.1) is 0 Å². The fourth-order valence-electron chi connectivity index (χ4n) is 1.67. The molecule has 0 atom stereocenters. The van der Waals surface area contributed by atoms with Gasteiger partial charge < -0.3 is 5.11 Å². The molecule has 2 aromatic rings. The van der Waals surface area contributed by atoms with Crippen LogP contribution in [0.25, 0.3) is 5.65 Å². The molecule has 5 heteroatoms. The molecule has 0 aliphatic rings. The van der Waals surface area contributed by atoms with Crippen molar-refractivity contribution < 1.29 is 9.90 Å². The van der Waals surface area contributed by atoms with Crippen LogP contribution in [0, 0.1) is 13.8 Å². The van der Waals surface area contributed by atoms with Gasteiger partial charge in [0.25, 0.3) is 5.56 Å². The molecule has 2 aromatic heterocycles. The zero-order valence-corrected chi connectivity index (χ0v) is 8.89. The Morgan fingerprint density at radius 1 is 1.44 bits per heavy atom. The van der Waals surface area contributed by atoms with Gasteiger partial charge in [-0.05, 0) is 25.0 Å². The molecule has 2 rings (SSSR count). The van der Waals surface area contributed by atoms with Gasteiger partial charge in [0.2, 0.25) is 0 Å². The summed E-state index contributed by atoms with van der Waals surface area (Å²) in [6.45, 7) is 3.67. The maximum atomic E-state index is 11.8. The molecule has 0 amide bonds. The number of nitrogens with zero attached hydrogens (tertiary/aromatic N) is 2. The van der Waals surface area contributed by atoms with E-state index < -0.39 is 11.5 Å². The Balaban J connectivity index is 2.95. The van der Waals surface area contributed by atoms with E-state index in [1.807, 2.05) is 19.9 Å². The molecule has 82 valence electrons. The molecule has 0 saturated heterocycles. The highest BCUT2D eigenvalue weighted by molar-refractivity contribution is 5.87. The van der Waals surface area contributed by atoms with E-state index in [1.54, 1.807) is 6.20 Å². The van der Waals surface area contributed by atoms with Gasteiger partial charge in [0.1, 0.15) is 11.2 Å². The molecule has 0 fully saturated rings. The summed E-state index contributed by atoms with van der Waals surface area (Å²) in [5.41, 5.74) is 1.35. The maximum absolute atomic E-state index is 11.8. The highest BCUT2D eigenvalue weighted by Crippen LogP contribution is 2.08. The molecule has 0 bridgehead atoms. The van der Waals surface area contributed by atoms with E-state index in [1.165, 1.54) is 4.40 Å². The van der Waals surface area contributed by atoms with Crippen LogP contribution in [0.2, 0.25) is 0 Å². The average molecular weight is 218 g/mol. The first kappa shape index (κ1) is 10.4. The number of pyridine rings is 1. The lowest BCUT2D eigenvalue weighted by atomic mass is 10.2. The Labute approximate surface area is 91.0 Å². The zero-order valence-electron chi connectivity index (χ0n) is 8.89. The Hall–Kier alpha value is -2.17. The molecule has 0 aliphatic carbocycles. The Morgan fingerprint density at radius 2 is 2.12 bits per heavy atom. The smallest absolute Gasteiger partial charge is 0.342 e. The van der Waals surface area contributed by atoms with Crippen LogP contribution in [-0.2, 0) is 0 Å². The minimum absolute atomic E-state index is 0.317. The number of aryl methyl sites for hydroxylation is 2. The highest BCUT2D eigenvalue weighted by atomic mass is 16.4. The molecule has 0 radical (unpaired) electrons. The number of fused-ring (bicyclic) bond motifs is 1. The Bertz CT molecular complexity index is 643. The van der Waals surface area contributed by atoms with Crippen LogP contribution in [0.1, 0.15) is 21.5 Å². The van der Waals surface area contributed by atoms with E-state index in [0.717, 1.165) is 17.3 Å². The van der Waals surface area contributed by atoms with Crippen molar-refractivity contribution in [1.82, 2.24) is 9.38 Å². The predicted octanol–water partition coefficient (Wildman–Crippen LogP) is 1.01. The quantitative estimate of drug-likeness (QED) is 0.775. The molecule has 0 spiro atoms. The SMILES string of the molecule is Cc1cc(C)c2ncc(C(=O)O)c(=O)n2c1. The van der Waals surface area contributed by atoms with Crippen LogP contribution in [0.15, 0.2) is 23.3 Å². The summed E-state index contributed by atoms with van der Waals surface area (Å²) in [5, 5.41) is 8.81. The molecule has 5 nitrogen and oxygen atoms in total. The lowest BCUT2D eigenvalue weighted by Crippen LogP contribution is -2.23. The molecule has 0 aliphatic heterocycles. The highest BCUT2D eigenvalue weighted by Gasteiger charge is 2.12. The average Bonchev–Trinajstić information content (AvgIpc) is 2.19. The van der Waals surface area contributed by atoms with Gasteiger partial charge in [0.15, 0.2) is 0 Å². The summed E-state index contributed by atoms with van der Waals surface area (Å²) in [6.07, 6.45) is 2.69. The monoisotopic (exact) mass is 218 g/mol. The zero-order chi connectivity index (χ0) is 11.9. The number of hydrogen-bond donors (Lipinski definition) is 1. The number of hydrogen-bond acceptors (Lipinski definition) is 3. The van der Waals surface area contributed by atoms with E-state index in [9.17, 15) is 9.59 Å². The molecular formula is C11H10N2O3. The van der Waals surface area contributed by atoms with Crippen molar-refractivity contribution in [3.63, 3.8) is 0 Å². The first-order valence-electron chi connectivity index (χ1n) is 4.72. The van der Waals surface area contributed by atoms with Crippen molar-refractivity contribution in [1.29, 1.82) is 0 Å². The molecule has 0 aromatic carbocycles. The topological polar surface area (TPSA) is 71.7 Å². The van der Waals surface area contributed by atoms with Gasteiger partial charge in [-0.1, -0.05) is 6.07 Å². The second kappa shape index (κ2) is 3.44. The summed E-state index contributed by atoms with van der Waals surface area (Å²) >= 11 is 0. The van der Waals surface area contributed by atoms with Crippen LogP contribution in [0.4, 0.5) is 0 Å². The van der Waals surface area contributed by atoms with Crippen molar-refractivity contribution in [2.24, 2.45) is 0 Å². The van der Waals surface area contributed by atoms with Crippen molar-refractivity contribution in [3.05, 3.63) is 45.5 Å². The van der Waals surface area contributed by atoms with Crippen LogP contribution < -0.4 is 5.56 Å². The van der Waals surface area contributed by atoms with Crippen molar-refractivity contribution >= 4 is 11.6 Å². The maximum Gasteiger partial charge on any atom is 0.342 e. The molecular weight excluding hydrogens is 208 g/mol. The van der Waals surface area contributed by atoms with Crippen LogP contribution in [0.3, 0.4) is 0 Å². The van der Waals surface area contributed by atoms with Gasteiger partial charge in [-0.25, -0.2) is 9.78 Å². The third-order valence-electron chi connectivity index (χ3n) is 2.35. The molecule has 2 heterocycles. The second-order valence-corrected chi connectivity index (χ2v) is 3.68. The van der Waals surface area contributed by atoms with Crippen LogP contribution >= 0.6 is 0 Å². The third-order valence-corrected chi connectivity index (χ3v) is 2.35. The molecule has 0 saturated carbocycles.